The van der Waals surface area contributed by atoms with Gasteiger partial charge in [0, 0.05) is 24.9 Å². The summed E-state index contributed by atoms with van der Waals surface area (Å²) < 4.78 is 0. The van der Waals surface area contributed by atoms with Crippen LogP contribution in [0.15, 0.2) is 18.5 Å². The first-order chi connectivity index (χ1) is 9.13. The van der Waals surface area contributed by atoms with Crippen molar-refractivity contribution in [3.05, 3.63) is 24.0 Å². The number of hydrogen-bond donors (Lipinski definition) is 3. The Hall–Kier alpha value is -1.80. The molecule has 0 bridgehead atoms. The van der Waals surface area contributed by atoms with E-state index in [0.717, 1.165) is 6.42 Å². The van der Waals surface area contributed by atoms with Crippen molar-refractivity contribution in [2.45, 2.75) is 37.6 Å². The molecule has 1 heterocycles. The number of carbonyl (C=O) groups excluding carboxylic acids is 1. The van der Waals surface area contributed by atoms with Gasteiger partial charge in [0.1, 0.15) is 5.54 Å². The molecule has 0 aliphatic heterocycles. The van der Waals surface area contributed by atoms with Crippen molar-refractivity contribution in [3.63, 3.8) is 0 Å². The van der Waals surface area contributed by atoms with E-state index in [2.05, 4.69) is 16.4 Å². The fourth-order valence-corrected chi connectivity index (χ4v) is 2.50. The zero-order chi connectivity index (χ0) is 13.7. The Labute approximate surface area is 113 Å². The lowest BCUT2D eigenvalue weighted by Crippen LogP contribution is -2.44. The van der Waals surface area contributed by atoms with Crippen LogP contribution in [0, 0.1) is 17.2 Å². The molecule has 5 nitrogen and oxygen atoms in total. The summed E-state index contributed by atoms with van der Waals surface area (Å²) in [4.78, 5) is 15.0. The highest BCUT2D eigenvalue weighted by Gasteiger charge is 2.34. The molecule has 102 valence electrons. The highest BCUT2D eigenvalue weighted by atomic mass is 16.1. The number of aromatic nitrogens is 1. The third-order valence-corrected chi connectivity index (χ3v) is 3.85. The molecule has 5 heteroatoms. The van der Waals surface area contributed by atoms with Gasteiger partial charge in [-0.15, -0.1) is 0 Å². The molecule has 1 amide bonds. The third kappa shape index (κ3) is 3.58. The molecule has 2 rings (SSSR count). The first-order valence-corrected chi connectivity index (χ1v) is 6.72. The Morgan fingerprint density at radius 3 is 2.89 bits per heavy atom. The summed E-state index contributed by atoms with van der Waals surface area (Å²) in [6, 6.07) is 4.15. The van der Waals surface area contributed by atoms with Crippen molar-refractivity contribution in [1.29, 1.82) is 5.26 Å². The number of nitriles is 1. The fraction of sp³-hybridized carbons (Fsp3) is 0.571. The molecule has 0 unspecified atom stereocenters. The fourth-order valence-electron chi connectivity index (χ4n) is 2.50. The standard InChI is InChI=1S/C14H20N4O/c15-10-14(16)5-1-12(2-6-14)13(19)18-8-4-11-3-7-17-9-11/h3,7,9,12,17H,1-2,4-6,8,16H2,(H,18,19). The number of rotatable bonds is 4. The number of nitrogens with one attached hydrogen (secondary N) is 2. The lowest BCUT2D eigenvalue weighted by molar-refractivity contribution is -0.126. The monoisotopic (exact) mass is 260 g/mol. The Morgan fingerprint density at radius 2 is 2.32 bits per heavy atom. The second-order valence-electron chi connectivity index (χ2n) is 5.30. The summed E-state index contributed by atoms with van der Waals surface area (Å²) in [5, 5.41) is 11.9. The number of nitrogens with zero attached hydrogens (tertiary/aromatic N) is 1. The molecule has 0 saturated heterocycles. The van der Waals surface area contributed by atoms with Crippen LogP contribution in [-0.2, 0) is 11.2 Å². The minimum atomic E-state index is -0.720. The van der Waals surface area contributed by atoms with E-state index < -0.39 is 5.54 Å². The molecule has 1 aliphatic rings. The summed E-state index contributed by atoms with van der Waals surface area (Å²) in [7, 11) is 0. The van der Waals surface area contributed by atoms with Crippen molar-refractivity contribution >= 4 is 5.91 Å². The molecular weight excluding hydrogens is 240 g/mol. The summed E-state index contributed by atoms with van der Waals surface area (Å²) in [5.74, 6) is 0.103. The first kappa shape index (κ1) is 13.6. The van der Waals surface area contributed by atoms with E-state index in [4.69, 9.17) is 11.0 Å². The topological polar surface area (TPSA) is 94.7 Å². The zero-order valence-corrected chi connectivity index (χ0v) is 11.0. The Morgan fingerprint density at radius 1 is 1.58 bits per heavy atom. The molecule has 4 N–H and O–H groups in total. The summed E-state index contributed by atoms with van der Waals surface area (Å²) >= 11 is 0. The van der Waals surface area contributed by atoms with Gasteiger partial charge in [-0.05, 0) is 43.7 Å². The molecule has 1 aromatic heterocycles. The van der Waals surface area contributed by atoms with Gasteiger partial charge in [0.25, 0.3) is 0 Å². The maximum absolute atomic E-state index is 12.0. The largest absolute Gasteiger partial charge is 0.367 e. The Balaban J connectivity index is 1.71. The SMILES string of the molecule is N#CC1(N)CCC(C(=O)NCCc2cc[nH]c2)CC1. The van der Waals surface area contributed by atoms with Crippen molar-refractivity contribution in [2.24, 2.45) is 11.7 Å². The van der Waals surface area contributed by atoms with Crippen molar-refractivity contribution in [1.82, 2.24) is 10.3 Å². The van der Waals surface area contributed by atoms with Gasteiger partial charge in [0.2, 0.25) is 5.91 Å². The number of amides is 1. The van der Waals surface area contributed by atoms with Crippen molar-refractivity contribution in [3.8, 4) is 6.07 Å². The van der Waals surface area contributed by atoms with Gasteiger partial charge in [-0.1, -0.05) is 0 Å². The molecule has 1 aliphatic carbocycles. The number of H-pyrrole nitrogens is 1. The van der Waals surface area contributed by atoms with E-state index in [-0.39, 0.29) is 11.8 Å². The average Bonchev–Trinajstić information content (AvgIpc) is 2.92. The van der Waals surface area contributed by atoms with Crippen LogP contribution in [-0.4, -0.2) is 23.0 Å². The van der Waals surface area contributed by atoms with Gasteiger partial charge in [-0.2, -0.15) is 5.26 Å². The molecule has 0 spiro atoms. The van der Waals surface area contributed by atoms with E-state index in [9.17, 15) is 4.79 Å². The minimum Gasteiger partial charge on any atom is -0.367 e. The number of aromatic amines is 1. The third-order valence-electron chi connectivity index (χ3n) is 3.85. The molecule has 19 heavy (non-hydrogen) atoms. The van der Waals surface area contributed by atoms with Crippen LogP contribution in [0.4, 0.5) is 0 Å². The van der Waals surface area contributed by atoms with Crippen LogP contribution >= 0.6 is 0 Å². The molecule has 0 aromatic carbocycles. The second-order valence-corrected chi connectivity index (χ2v) is 5.30. The first-order valence-electron chi connectivity index (χ1n) is 6.72. The number of carbonyl (C=O) groups is 1. The normalized spacial score (nSPS) is 26.6. The minimum absolute atomic E-state index is 0.0104. The van der Waals surface area contributed by atoms with Crippen LogP contribution in [0.1, 0.15) is 31.2 Å². The lowest BCUT2D eigenvalue weighted by atomic mass is 9.77. The van der Waals surface area contributed by atoms with Crippen LogP contribution in [0.5, 0.6) is 0 Å². The number of hydrogen-bond acceptors (Lipinski definition) is 3. The Bertz CT molecular complexity index is 452. The molecule has 0 atom stereocenters. The Kier molecular flexibility index (Phi) is 4.23. The second kappa shape index (κ2) is 5.89. The summed E-state index contributed by atoms with van der Waals surface area (Å²) in [6.45, 7) is 0.652. The van der Waals surface area contributed by atoms with E-state index in [1.165, 1.54) is 5.56 Å². The molecule has 0 radical (unpaired) electrons. The van der Waals surface area contributed by atoms with Crippen LogP contribution in [0.2, 0.25) is 0 Å². The van der Waals surface area contributed by atoms with Gasteiger partial charge in [-0.3, -0.25) is 4.79 Å². The van der Waals surface area contributed by atoms with Crippen molar-refractivity contribution in [2.75, 3.05) is 6.54 Å². The summed E-state index contributed by atoms with van der Waals surface area (Å²) in [5.41, 5.74) is 6.36. The zero-order valence-electron chi connectivity index (χ0n) is 11.0. The van der Waals surface area contributed by atoms with Crippen LogP contribution in [0.25, 0.3) is 0 Å². The van der Waals surface area contributed by atoms with E-state index in [0.29, 0.717) is 32.2 Å². The molecule has 1 saturated carbocycles. The van der Waals surface area contributed by atoms with E-state index >= 15 is 0 Å². The average molecular weight is 260 g/mol. The van der Waals surface area contributed by atoms with Gasteiger partial charge in [0.15, 0.2) is 0 Å². The highest BCUT2D eigenvalue weighted by Crippen LogP contribution is 2.29. The summed E-state index contributed by atoms with van der Waals surface area (Å²) in [6.07, 6.45) is 7.28. The quantitative estimate of drug-likeness (QED) is 0.756. The molecular formula is C14H20N4O. The lowest BCUT2D eigenvalue weighted by Gasteiger charge is -2.30. The number of nitrogens with two attached hydrogens (primary N) is 1. The van der Waals surface area contributed by atoms with E-state index in [1.807, 2.05) is 18.5 Å². The predicted molar refractivity (Wildman–Crippen MR) is 72.0 cm³/mol. The maximum atomic E-state index is 12.0. The van der Waals surface area contributed by atoms with E-state index in [1.54, 1.807) is 0 Å². The molecule has 1 fully saturated rings. The van der Waals surface area contributed by atoms with Gasteiger partial charge < -0.3 is 16.0 Å². The molecule has 1 aromatic rings. The van der Waals surface area contributed by atoms with Crippen LogP contribution in [0.3, 0.4) is 0 Å². The van der Waals surface area contributed by atoms with Gasteiger partial charge in [-0.25, -0.2) is 0 Å². The maximum Gasteiger partial charge on any atom is 0.223 e. The predicted octanol–water partition coefficient (Wildman–Crippen LogP) is 1.08. The van der Waals surface area contributed by atoms with Gasteiger partial charge in [0.05, 0.1) is 6.07 Å². The smallest absolute Gasteiger partial charge is 0.223 e. The van der Waals surface area contributed by atoms with Crippen LogP contribution < -0.4 is 11.1 Å². The highest BCUT2D eigenvalue weighted by molar-refractivity contribution is 5.78. The van der Waals surface area contributed by atoms with Crippen molar-refractivity contribution < 1.29 is 4.79 Å². The van der Waals surface area contributed by atoms with Gasteiger partial charge >= 0.3 is 0 Å².